The van der Waals surface area contributed by atoms with E-state index in [2.05, 4.69) is 10.6 Å². The van der Waals surface area contributed by atoms with Crippen molar-refractivity contribution < 1.29 is 9.59 Å². The summed E-state index contributed by atoms with van der Waals surface area (Å²) in [7, 11) is 0. The van der Waals surface area contributed by atoms with E-state index in [-0.39, 0.29) is 23.2 Å². The number of benzene rings is 1. The molecule has 0 unspecified atom stereocenters. The Morgan fingerprint density at radius 2 is 1.87 bits per heavy atom. The molecular formula is C17H23ClN2O2S. The van der Waals surface area contributed by atoms with E-state index in [4.69, 9.17) is 11.6 Å². The van der Waals surface area contributed by atoms with Gasteiger partial charge in [0.2, 0.25) is 5.91 Å². The molecule has 1 fully saturated rings. The first-order valence-electron chi connectivity index (χ1n) is 8.02. The van der Waals surface area contributed by atoms with Gasteiger partial charge in [-0.3, -0.25) is 10.1 Å². The number of carbonyl (C=O) groups is 2. The Balaban J connectivity index is 1.71. The van der Waals surface area contributed by atoms with Crippen molar-refractivity contribution in [2.75, 3.05) is 0 Å². The fourth-order valence-corrected chi connectivity index (χ4v) is 3.53. The van der Waals surface area contributed by atoms with Gasteiger partial charge in [-0.1, -0.05) is 43.0 Å². The summed E-state index contributed by atoms with van der Waals surface area (Å²) in [5, 5.41) is 5.74. The number of urea groups is 1. The Kier molecular flexibility index (Phi) is 7.24. The number of halogens is 1. The van der Waals surface area contributed by atoms with Crippen LogP contribution in [0.25, 0.3) is 0 Å². The summed E-state index contributed by atoms with van der Waals surface area (Å²) in [5.74, 6) is 0.452. The number of rotatable bonds is 5. The number of amides is 3. The van der Waals surface area contributed by atoms with Crippen LogP contribution in [0, 0.1) is 0 Å². The van der Waals surface area contributed by atoms with E-state index in [0.717, 1.165) is 31.2 Å². The van der Waals surface area contributed by atoms with Crippen molar-refractivity contribution in [2.24, 2.45) is 0 Å². The zero-order chi connectivity index (χ0) is 16.7. The first-order valence-corrected chi connectivity index (χ1v) is 9.44. The molecule has 6 heteroatoms. The molecule has 1 aliphatic carbocycles. The second-order valence-electron chi connectivity index (χ2n) is 5.88. The van der Waals surface area contributed by atoms with Crippen LogP contribution in [0.4, 0.5) is 4.79 Å². The highest BCUT2D eigenvalue weighted by atomic mass is 35.5. The molecule has 4 nitrogen and oxygen atoms in total. The molecule has 126 valence electrons. The number of carbonyl (C=O) groups excluding carboxylic acids is 2. The normalized spacial score (nSPS) is 16.6. The Hall–Kier alpha value is -1.20. The van der Waals surface area contributed by atoms with Crippen LogP contribution in [0.5, 0.6) is 0 Å². The molecule has 3 amide bonds. The molecule has 23 heavy (non-hydrogen) atoms. The second kappa shape index (κ2) is 9.18. The molecule has 1 saturated carbocycles. The summed E-state index contributed by atoms with van der Waals surface area (Å²) >= 11 is 7.34. The third kappa shape index (κ3) is 6.43. The van der Waals surface area contributed by atoms with Gasteiger partial charge < -0.3 is 5.32 Å². The van der Waals surface area contributed by atoms with Crippen LogP contribution < -0.4 is 10.6 Å². The average molecular weight is 355 g/mol. The first-order chi connectivity index (χ1) is 11.0. The minimum absolute atomic E-state index is 0.202. The number of hydrogen-bond acceptors (Lipinski definition) is 3. The summed E-state index contributed by atoms with van der Waals surface area (Å²) < 4.78 is 0. The molecule has 1 aromatic carbocycles. The van der Waals surface area contributed by atoms with Crippen molar-refractivity contribution in [3.63, 3.8) is 0 Å². The highest BCUT2D eigenvalue weighted by Crippen LogP contribution is 2.20. The summed E-state index contributed by atoms with van der Waals surface area (Å²) in [4.78, 5) is 23.9. The number of thioether (sulfide) groups is 1. The minimum Gasteiger partial charge on any atom is -0.335 e. The standard InChI is InChI=1S/C17H23ClN2O2S/c1-12(23-11-13-7-9-14(18)10-8-13)16(21)20-17(22)19-15-5-3-2-4-6-15/h7-10,12,15H,2-6,11H2,1H3,(H2,19,20,21,22)/t12-/m0/s1. The van der Waals surface area contributed by atoms with E-state index >= 15 is 0 Å². The predicted molar refractivity (Wildman–Crippen MR) is 95.8 cm³/mol. The fraction of sp³-hybridized carbons (Fsp3) is 0.529. The lowest BCUT2D eigenvalue weighted by Crippen LogP contribution is -2.47. The van der Waals surface area contributed by atoms with E-state index in [0.29, 0.717) is 10.8 Å². The van der Waals surface area contributed by atoms with E-state index in [1.54, 1.807) is 0 Å². The quantitative estimate of drug-likeness (QED) is 0.836. The van der Waals surface area contributed by atoms with Crippen molar-refractivity contribution >= 4 is 35.3 Å². The lowest BCUT2D eigenvalue weighted by atomic mass is 9.96. The molecule has 1 aliphatic rings. The summed E-state index contributed by atoms with van der Waals surface area (Å²) in [6.07, 6.45) is 5.53. The largest absolute Gasteiger partial charge is 0.335 e. The molecule has 0 bridgehead atoms. The lowest BCUT2D eigenvalue weighted by molar-refractivity contribution is -0.119. The smallest absolute Gasteiger partial charge is 0.321 e. The third-order valence-corrected chi connectivity index (χ3v) is 5.43. The Morgan fingerprint density at radius 3 is 2.52 bits per heavy atom. The Morgan fingerprint density at radius 1 is 1.22 bits per heavy atom. The van der Waals surface area contributed by atoms with Crippen LogP contribution in [0.15, 0.2) is 24.3 Å². The third-order valence-electron chi connectivity index (χ3n) is 3.96. The molecule has 0 aromatic heterocycles. The molecule has 0 aliphatic heterocycles. The summed E-state index contributed by atoms with van der Waals surface area (Å²) in [6, 6.07) is 7.37. The molecule has 2 N–H and O–H groups in total. The topological polar surface area (TPSA) is 58.2 Å². The highest BCUT2D eigenvalue weighted by molar-refractivity contribution is 7.99. The van der Waals surface area contributed by atoms with Crippen molar-refractivity contribution in [3.05, 3.63) is 34.9 Å². The number of hydrogen-bond donors (Lipinski definition) is 2. The van der Waals surface area contributed by atoms with Crippen LogP contribution in [0.1, 0.15) is 44.6 Å². The van der Waals surface area contributed by atoms with E-state index in [1.807, 2.05) is 31.2 Å². The number of imide groups is 1. The van der Waals surface area contributed by atoms with E-state index in [1.165, 1.54) is 18.2 Å². The van der Waals surface area contributed by atoms with Crippen molar-refractivity contribution in [3.8, 4) is 0 Å². The van der Waals surface area contributed by atoms with E-state index in [9.17, 15) is 9.59 Å². The maximum atomic E-state index is 12.1. The monoisotopic (exact) mass is 354 g/mol. The first kappa shape index (κ1) is 18.1. The van der Waals surface area contributed by atoms with E-state index < -0.39 is 0 Å². The summed E-state index contributed by atoms with van der Waals surface area (Å²) in [6.45, 7) is 1.81. The zero-order valence-corrected chi connectivity index (χ0v) is 14.9. The fourth-order valence-electron chi connectivity index (χ4n) is 2.56. The molecule has 1 atom stereocenters. The predicted octanol–water partition coefficient (Wildman–Crippen LogP) is 4.12. The van der Waals surface area contributed by atoms with Crippen LogP contribution in [-0.4, -0.2) is 23.2 Å². The van der Waals surface area contributed by atoms with Gasteiger partial charge in [0.15, 0.2) is 0 Å². The van der Waals surface area contributed by atoms with Gasteiger partial charge in [0.1, 0.15) is 0 Å². The second-order valence-corrected chi connectivity index (χ2v) is 7.64. The molecule has 0 heterocycles. The van der Waals surface area contributed by atoms with Crippen LogP contribution in [-0.2, 0) is 10.5 Å². The molecule has 0 spiro atoms. The SMILES string of the molecule is C[C@H](SCc1ccc(Cl)cc1)C(=O)NC(=O)NC1CCCCC1. The molecule has 2 rings (SSSR count). The van der Waals surface area contributed by atoms with Gasteiger partial charge >= 0.3 is 6.03 Å². The lowest BCUT2D eigenvalue weighted by Gasteiger charge is -2.23. The van der Waals surface area contributed by atoms with Crippen LogP contribution in [0.2, 0.25) is 5.02 Å². The Labute approximate surface area is 146 Å². The van der Waals surface area contributed by atoms with Crippen LogP contribution >= 0.6 is 23.4 Å². The molecular weight excluding hydrogens is 332 g/mol. The Bertz CT molecular complexity index is 530. The van der Waals surface area contributed by atoms with Gasteiger partial charge in [0.25, 0.3) is 0 Å². The molecule has 0 radical (unpaired) electrons. The highest BCUT2D eigenvalue weighted by Gasteiger charge is 2.19. The summed E-state index contributed by atoms with van der Waals surface area (Å²) in [5.41, 5.74) is 1.10. The van der Waals surface area contributed by atoms with Crippen LogP contribution in [0.3, 0.4) is 0 Å². The van der Waals surface area contributed by atoms with Crippen molar-refractivity contribution in [2.45, 2.75) is 56.1 Å². The minimum atomic E-state index is -0.374. The average Bonchev–Trinajstić information content (AvgIpc) is 2.54. The van der Waals surface area contributed by atoms with Crippen molar-refractivity contribution in [1.82, 2.24) is 10.6 Å². The zero-order valence-electron chi connectivity index (χ0n) is 13.3. The number of nitrogens with one attached hydrogen (secondary N) is 2. The van der Waals surface area contributed by atoms with Gasteiger partial charge in [0.05, 0.1) is 5.25 Å². The maximum Gasteiger partial charge on any atom is 0.321 e. The van der Waals surface area contributed by atoms with Gasteiger partial charge in [-0.15, -0.1) is 11.8 Å². The maximum absolute atomic E-state index is 12.1. The van der Waals surface area contributed by atoms with Gasteiger partial charge in [0, 0.05) is 16.8 Å². The van der Waals surface area contributed by atoms with Gasteiger partial charge in [-0.2, -0.15) is 0 Å². The molecule has 1 aromatic rings. The molecule has 0 saturated heterocycles. The van der Waals surface area contributed by atoms with Crippen molar-refractivity contribution in [1.29, 1.82) is 0 Å². The van der Waals surface area contributed by atoms with Gasteiger partial charge in [-0.05, 0) is 37.5 Å². The van der Waals surface area contributed by atoms with Gasteiger partial charge in [-0.25, -0.2) is 4.79 Å².